The number of hydrogen-bond donors (Lipinski definition) is 1. The molecule has 0 saturated heterocycles. The highest BCUT2D eigenvalue weighted by molar-refractivity contribution is 7.09. The molecule has 1 N–H and O–H groups in total. The molecule has 0 radical (unpaired) electrons. The minimum atomic E-state index is 0.0208. The molecule has 0 aliphatic heterocycles. The van der Waals surface area contributed by atoms with Crippen molar-refractivity contribution in [2.45, 2.75) is 57.4 Å². The lowest BCUT2D eigenvalue weighted by atomic mass is 9.69. The number of rotatable bonds is 4. The summed E-state index contributed by atoms with van der Waals surface area (Å²) in [6.07, 6.45) is 6.18. The molecule has 2 aromatic rings. The molecule has 1 heterocycles. The highest BCUT2D eigenvalue weighted by Crippen LogP contribution is 2.44. The van der Waals surface area contributed by atoms with E-state index in [4.69, 9.17) is 9.36 Å². The summed E-state index contributed by atoms with van der Waals surface area (Å²) in [4.78, 5) is 4.82. The summed E-state index contributed by atoms with van der Waals surface area (Å²) in [7, 11) is 0. The summed E-state index contributed by atoms with van der Waals surface area (Å²) in [5.41, 5.74) is 1.39. The van der Waals surface area contributed by atoms with Gasteiger partial charge in [-0.15, -0.1) is 0 Å². The van der Waals surface area contributed by atoms with Gasteiger partial charge in [0, 0.05) is 17.6 Å². The first-order valence-corrected chi connectivity index (χ1v) is 8.64. The maximum absolute atomic E-state index is 4.82. The molecule has 1 aliphatic carbocycles. The standard InChI is InChI=1S/C17H23N3S/c1-13(2)18-16-19-15(20-21-16)17(11-7-4-8-12-17)14-9-5-3-6-10-14/h3,5-6,9-10,13H,4,7-8,11-12H2,1-2H3,(H,18,19,20). The van der Waals surface area contributed by atoms with E-state index in [1.54, 1.807) is 0 Å². The Morgan fingerprint density at radius 1 is 1.10 bits per heavy atom. The summed E-state index contributed by atoms with van der Waals surface area (Å²) >= 11 is 1.49. The number of anilines is 1. The summed E-state index contributed by atoms with van der Waals surface area (Å²) in [6, 6.07) is 11.2. The van der Waals surface area contributed by atoms with Crippen molar-refractivity contribution in [1.29, 1.82) is 0 Å². The normalized spacial score (nSPS) is 17.9. The molecular weight excluding hydrogens is 278 g/mol. The molecule has 1 aliphatic rings. The molecule has 3 rings (SSSR count). The van der Waals surface area contributed by atoms with Gasteiger partial charge >= 0.3 is 0 Å². The van der Waals surface area contributed by atoms with Gasteiger partial charge in [0.25, 0.3) is 0 Å². The van der Waals surface area contributed by atoms with Gasteiger partial charge in [0.1, 0.15) is 0 Å². The predicted octanol–water partition coefficient (Wildman–Crippen LogP) is 4.61. The van der Waals surface area contributed by atoms with Crippen molar-refractivity contribution < 1.29 is 0 Å². The Hall–Kier alpha value is -1.42. The molecule has 3 nitrogen and oxygen atoms in total. The fraction of sp³-hybridized carbons (Fsp3) is 0.529. The first kappa shape index (κ1) is 14.5. The van der Waals surface area contributed by atoms with Crippen LogP contribution in [0.4, 0.5) is 5.13 Å². The quantitative estimate of drug-likeness (QED) is 0.896. The molecule has 0 spiro atoms. The smallest absolute Gasteiger partial charge is 0.202 e. The molecule has 4 heteroatoms. The Labute approximate surface area is 131 Å². The van der Waals surface area contributed by atoms with Crippen molar-refractivity contribution in [3.63, 3.8) is 0 Å². The number of hydrogen-bond acceptors (Lipinski definition) is 4. The molecule has 21 heavy (non-hydrogen) atoms. The minimum absolute atomic E-state index is 0.0208. The Bertz CT molecular complexity index is 571. The van der Waals surface area contributed by atoms with Gasteiger partial charge < -0.3 is 5.32 Å². The first-order chi connectivity index (χ1) is 10.2. The van der Waals surface area contributed by atoms with E-state index in [1.165, 1.54) is 36.4 Å². The molecule has 0 amide bonds. The minimum Gasteiger partial charge on any atom is -0.358 e. The Balaban J connectivity index is 1.98. The maximum atomic E-state index is 4.82. The lowest BCUT2D eigenvalue weighted by Gasteiger charge is -2.35. The fourth-order valence-electron chi connectivity index (χ4n) is 3.28. The van der Waals surface area contributed by atoms with Crippen LogP contribution in [0.2, 0.25) is 0 Å². The van der Waals surface area contributed by atoms with Gasteiger partial charge in [0.15, 0.2) is 5.82 Å². The van der Waals surface area contributed by atoms with Crippen molar-refractivity contribution in [1.82, 2.24) is 9.36 Å². The van der Waals surface area contributed by atoms with Gasteiger partial charge in [-0.3, -0.25) is 0 Å². The van der Waals surface area contributed by atoms with Crippen LogP contribution in [0, 0.1) is 0 Å². The number of nitrogens with one attached hydrogen (secondary N) is 1. The largest absolute Gasteiger partial charge is 0.358 e. The monoisotopic (exact) mass is 301 g/mol. The third kappa shape index (κ3) is 2.95. The topological polar surface area (TPSA) is 37.8 Å². The summed E-state index contributed by atoms with van der Waals surface area (Å²) < 4.78 is 4.71. The van der Waals surface area contributed by atoms with E-state index in [-0.39, 0.29) is 5.41 Å². The molecule has 112 valence electrons. The van der Waals surface area contributed by atoms with Crippen molar-refractivity contribution in [3.05, 3.63) is 41.7 Å². The van der Waals surface area contributed by atoms with E-state index in [0.717, 1.165) is 23.8 Å². The van der Waals surface area contributed by atoms with Crippen LogP contribution in [0.1, 0.15) is 57.3 Å². The molecule has 0 unspecified atom stereocenters. The van der Waals surface area contributed by atoms with Crippen LogP contribution in [0.5, 0.6) is 0 Å². The molecule has 0 atom stereocenters. The van der Waals surface area contributed by atoms with Gasteiger partial charge in [0.05, 0.1) is 5.41 Å². The molecule has 1 aromatic heterocycles. The molecule has 1 saturated carbocycles. The first-order valence-electron chi connectivity index (χ1n) is 7.87. The molecular formula is C17H23N3S. The molecule has 1 aromatic carbocycles. The van der Waals surface area contributed by atoms with Crippen molar-refractivity contribution in [2.75, 3.05) is 5.32 Å². The second kappa shape index (κ2) is 6.14. The average Bonchev–Trinajstić information content (AvgIpc) is 2.97. The number of nitrogens with zero attached hydrogens (tertiary/aromatic N) is 2. The highest BCUT2D eigenvalue weighted by atomic mass is 32.1. The summed E-state index contributed by atoms with van der Waals surface area (Å²) in [5, 5.41) is 4.32. The van der Waals surface area contributed by atoms with Crippen molar-refractivity contribution >= 4 is 16.7 Å². The zero-order valence-electron chi connectivity index (χ0n) is 12.8. The van der Waals surface area contributed by atoms with Crippen LogP contribution < -0.4 is 5.32 Å². The van der Waals surface area contributed by atoms with Crippen molar-refractivity contribution in [3.8, 4) is 0 Å². The lowest BCUT2D eigenvalue weighted by molar-refractivity contribution is 0.333. The van der Waals surface area contributed by atoms with Crippen LogP contribution in [0.3, 0.4) is 0 Å². The van der Waals surface area contributed by atoms with Gasteiger partial charge in [0.2, 0.25) is 5.13 Å². The summed E-state index contributed by atoms with van der Waals surface area (Å²) in [5.74, 6) is 1.02. The molecule has 1 fully saturated rings. The van der Waals surface area contributed by atoms with Gasteiger partial charge in [-0.2, -0.15) is 4.37 Å². The summed E-state index contributed by atoms with van der Waals surface area (Å²) in [6.45, 7) is 4.27. The van der Waals surface area contributed by atoms with E-state index >= 15 is 0 Å². The maximum Gasteiger partial charge on any atom is 0.202 e. The van der Waals surface area contributed by atoms with Crippen molar-refractivity contribution in [2.24, 2.45) is 0 Å². The highest BCUT2D eigenvalue weighted by Gasteiger charge is 2.39. The Morgan fingerprint density at radius 3 is 2.48 bits per heavy atom. The van der Waals surface area contributed by atoms with E-state index in [1.807, 2.05) is 0 Å². The van der Waals surface area contributed by atoms with Gasteiger partial charge in [-0.25, -0.2) is 4.98 Å². The molecule has 0 bridgehead atoms. The fourth-order valence-corrected chi connectivity index (χ4v) is 4.08. The Kier molecular flexibility index (Phi) is 4.24. The van der Waals surface area contributed by atoms with E-state index in [9.17, 15) is 0 Å². The Morgan fingerprint density at radius 2 is 1.81 bits per heavy atom. The van der Waals surface area contributed by atoms with Gasteiger partial charge in [-0.05, 0) is 32.3 Å². The van der Waals surface area contributed by atoms with Crippen LogP contribution in [0.15, 0.2) is 30.3 Å². The van der Waals surface area contributed by atoms with Crippen LogP contribution >= 0.6 is 11.5 Å². The third-order valence-electron chi connectivity index (χ3n) is 4.30. The van der Waals surface area contributed by atoms with E-state index in [2.05, 4.69) is 49.5 Å². The van der Waals surface area contributed by atoms with E-state index in [0.29, 0.717) is 6.04 Å². The van der Waals surface area contributed by atoms with Crippen LogP contribution in [-0.4, -0.2) is 15.4 Å². The van der Waals surface area contributed by atoms with Crippen LogP contribution in [0.25, 0.3) is 0 Å². The SMILES string of the molecule is CC(C)Nc1nc(C2(c3ccccc3)CCCCC2)ns1. The predicted molar refractivity (Wildman–Crippen MR) is 89.0 cm³/mol. The lowest BCUT2D eigenvalue weighted by Crippen LogP contribution is -2.31. The number of benzene rings is 1. The van der Waals surface area contributed by atoms with Crippen LogP contribution in [-0.2, 0) is 5.41 Å². The zero-order valence-corrected chi connectivity index (χ0v) is 13.6. The third-order valence-corrected chi connectivity index (χ3v) is 4.95. The second-order valence-corrected chi connectivity index (χ2v) is 6.98. The number of aromatic nitrogens is 2. The van der Waals surface area contributed by atoms with E-state index < -0.39 is 0 Å². The van der Waals surface area contributed by atoms with Gasteiger partial charge in [-0.1, -0.05) is 49.6 Å². The zero-order chi connectivity index (χ0) is 14.7. The second-order valence-electron chi connectivity index (χ2n) is 6.23. The average molecular weight is 301 g/mol.